The maximum Gasteiger partial charge on any atom is 0.220 e. The molecule has 3 N–H and O–H groups in total. The summed E-state index contributed by atoms with van der Waals surface area (Å²) in [6.45, 7) is 4.35. The van der Waals surface area contributed by atoms with Crippen molar-refractivity contribution in [1.29, 1.82) is 0 Å². The molecule has 5 heteroatoms. The van der Waals surface area contributed by atoms with Crippen molar-refractivity contribution in [2.24, 2.45) is 12.8 Å². The van der Waals surface area contributed by atoms with E-state index in [0.717, 1.165) is 5.69 Å². The molecule has 0 saturated carbocycles. The van der Waals surface area contributed by atoms with E-state index < -0.39 is 0 Å². The number of nitrogens with one attached hydrogen (secondary N) is 1. The Kier molecular flexibility index (Phi) is 4.06. The summed E-state index contributed by atoms with van der Waals surface area (Å²) in [5.74, 6) is 0.0275. The van der Waals surface area contributed by atoms with Crippen LogP contribution >= 0.6 is 0 Å². The largest absolute Gasteiger partial charge is 0.350 e. The molecule has 0 fully saturated rings. The molecule has 1 rings (SSSR count). The van der Waals surface area contributed by atoms with Gasteiger partial charge < -0.3 is 11.1 Å². The van der Waals surface area contributed by atoms with Gasteiger partial charge in [0, 0.05) is 25.2 Å². The molecular weight excluding hydrogens is 204 g/mol. The monoisotopic (exact) mass is 224 g/mol. The summed E-state index contributed by atoms with van der Waals surface area (Å²) in [6.07, 6.45) is 2.86. The lowest BCUT2D eigenvalue weighted by molar-refractivity contribution is -0.121. The molecule has 16 heavy (non-hydrogen) atoms. The van der Waals surface area contributed by atoms with Gasteiger partial charge in [0.1, 0.15) is 0 Å². The van der Waals surface area contributed by atoms with E-state index in [1.165, 1.54) is 0 Å². The van der Waals surface area contributed by atoms with Crippen LogP contribution in [-0.4, -0.2) is 21.2 Å². The molecule has 0 aliphatic carbocycles. The SMILES string of the molecule is Cn1nccc1CNC(=O)CCC(C)(C)N. The summed E-state index contributed by atoms with van der Waals surface area (Å²) in [5.41, 5.74) is 6.50. The number of carbonyl (C=O) groups excluding carboxylic acids is 1. The van der Waals surface area contributed by atoms with E-state index in [2.05, 4.69) is 10.4 Å². The summed E-state index contributed by atoms with van der Waals surface area (Å²) in [4.78, 5) is 11.5. The van der Waals surface area contributed by atoms with Crippen LogP contribution in [0.2, 0.25) is 0 Å². The quantitative estimate of drug-likeness (QED) is 0.767. The van der Waals surface area contributed by atoms with Crippen LogP contribution in [0, 0.1) is 0 Å². The average Bonchev–Trinajstić information content (AvgIpc) is 2.57. The lowest BCUT2D eigenvalue weighted by Crippen LogP contribution is -2.34. The van der Waals surface area contributed by atoms with Crippen molar-refractivity contribution >= 4 is 5.91 Å². The number of nitrogens with two attached hydrogens (primary N) is 1. The fourth-order valence-electron chi connectivity index (χ4n) is 1.29. The van der Waals surface area contributed by atoms with Crippen molar-refractivity contribution in [1.82, 2.24) is 15.1 Å². The van der Waals surface area contributed by atoms with E-state index in [1.54, 1.807) is 10.9 Å². The first kappa shape index (κ1) is 12.7. The third-order valence-electron chi connectivity index (χ3n) is 2.39. The normalized spacial score (nSPS) is 11.5. The molecule has 0 aliphatic rings. The highest BCUT2D eigenvalue weighted by atomic mass is 16.1. The number of nitrogens with zero attached hydrogens (tertiary/aromatic N) is 2. The average molecular weight is 224 g/mol. The predicted molar refractivity (Wildman–Crippen MR) is 62.6 cm³/mol. The molecule has 5 nitrogen and oxygen atoms in total. The van der Waals surface area contributed by atoms with E-state index in [4.69, 9.17) is 5.73 Å². The Morgan fingerprint density at radius 2 is 2.31 bits per heavy atom. The minimum atomic E-state index is -0.288. The lowest BCUT2D eigenvalue weighted by atomic mass is 10.00. The summed E-state index contributed by atoms with van der Waals surface area (Å²) >= 11 is 0. The summed E-state index contributed by atoms with van der Waals surface area (Å²) < 4.78 is 1.74. The Morgan fingerprint density at radius 3 is 2.81 bits per heavy atom. The number of carbonyl (C=O) groups is 1. The molecule has 0 unspecified atom stereocenters. The molecule has 0 aliphatic heterocycles. The van der Waals surface area contributed by atoms with Crippen LogP contribution in [0.15, 0.2) is 12.3 Å². The van der Waals surface area contributed by atoms with E-state index >= 15 is 0 Å². The summed E-state index contributed by atoms with van der Waals surface area (Å²) in [6, 6.07) is 1.88. The van der Waals surface area contributed by atoms with E-state index in [-0.39, 0.29) is 11.4 Å². The van der Waals surface area contributed by atoms with Crippen molar-refractivity contribution in [2.45, 2.75) is 38.8 Å². The van der Waals surface area contributed by atoms with Gasteiger partial charge in [0.05, 0.1) is 12.2 Å². The van der Waals surface area contributed by atoms with Crippen molar-refractivity contribution in [3.05, 3.63) is 18.0 Å². The van der Waals surface area contributed by atoms with Gasteiger partial charge in [0.2, 0.25) is 5.91 Å². The summed E-state index contributed by atoms with van der Waals surface area (Å²) in [5, 5.41) is 6.87. The second kappa shape index (κ2) is 5.12. The molecule has 1 heterocycles. The molecule has 0 atom stereocenters. The Balaban J connectivity index is 2.29. The van der Waals surface area contributed by atoms with Crippen LogP contribution < -0.4 is 11.1 Å². The molecule has 0 aromatic carbocycles. The van der Waals surface area contributed by atoms with Gasteiger partial charge in [-0.25, -0.2) is 0 Å². The molecular formula is C11H20N4O. The van der Waals surface area contributed by atoms with Gasteiger partial charge in [-0.3, -0.25) is 9.48 Å². The maximum atomic E-state index is 11.5. The standard InChI is InChI=1S/C11H20N4O/c1-11(2,12)6-4-10(16)13-8-9-5-7-14-15(9)3/h5,7H,4,6,8,12H2,1-3H3,(H,13,16). The lowest BCUT2D eigenvalue weighted by Gasteiger charge is -2.17. The molecule has 1 aromatic rings. The minimum absolute atomic E-state index is 0.0275. The molecule has 0 radical (unpaired) electrons. The van der Waals surface area contributed by atoms with Crippen LogP contribution in [0.5, 0.6) is 0 Å². The van der Waals surface area contributed by atoms with Gasteiger partial charge in [-0.05, 0) is 26.3 Å². The van der Waals surface area contributed by atoms with E-state index in [9.17, 15) is 4.79 Å². The van der Waals surface area contributed by atoms with Crippen LogP contribution in [-0.2, 0) is 18.4 Å². The Morgan fingerprint density at radius 1 is 1.62 bits per heavy atom. The first-order valence-electron chi connectivity index (χ1n) is 5.41. The highest BCUT2D eigenvalue weighted by molar-refractivity contribution is 5.75. The first-order chi connectivity index (χ1) is 7.38. The predicted octanol–water partition coefficient (Wildman–Crippen LogP) is 0.554. The smallest absolute Gasteiger partial charge is 0.220 e. The molecule has 1 amide bonds. The molecule has 0 saturated heterocycles. The van der Waals surface area contributed by atoms with Gasteiger partial charge in [-0.2, -0.15) is 5.10 Å². The zero-order valence-electron chi connectivity index (χ0n) is 10.2. The van der Waals surface area contributed by atoms with Crippen molar-refractivity contribution in [2.75, 3.05) is 0 Å². The maximum absolute atomic E-state index is 11.5. The molecule has 0 spiro atoms. The van der Waals surface area contributed by atoms with Crippen molar-refractivity contribution in [3.63, 3.8) is 0 Å². The fraction of sp³-hybridized carbons (Fsp3) is 0.636. The Bertz CT molecular complexity index is 351. The number of hydrogen-bond acceptors (Lipinski definition) is 3. The number of aryl methyl sites for hydroxylation is 1. The third kappa shape index (κ3) is 4.44. The zero-order chi connectivity index (χ0) is 12.2. The second-order valence-electron chi connectivity index (χ2n) is 4.71. The van der Waals surface area contributed by atoms with Crippen LogP contribution in [0.4, 0.5) is 0 Å². The molecule has 90 valence electrons. The topological polar surface area (TPSA) is 72.9 Å². The van der Waals surface area contributed by atoms with Gasteiger partial charge in [0.25, 0.3) is 0 Å². The first-order valence-corrected chi connectivity index (χ1v) is 5.41. The number of rotatable bonds is 5. The molecule has 0 bridgehead atoms. The number of aromatic nitrogens is 2. The third-order valence-corrected chi connectivity index (χ3v) is 2.39. The highest BCUT2D eigenvalue weighted by Gasteiger charge is 2.13. The van der Waals surface area contributed by atoms with Crippen LogP contribution in [0.25, 0.3) is 0 Å². The van der Waals surface area contributed by atoms with Crippen LogP contribution in [0.1, 0.15) is 32.4 Å². The number of hydrogen-bond donors (Lipinski definition) is 2. The van der Waals surface area contributed by atoms with Gasteiger partial charge in [-0.1, -0.05) is 0 Å². The van der Waals surface area contributed by atoms with Gasteiger partial charge in [0.15, 0.2) is 0 Å². The minimum Gasteiger partial charge on any atom is -0.350 e. The zero-order valence-corrected chi connectivity index (χ0v) is 10.2. The van der Waals surface area contributed by atoms with E-state index in [1.807, 2.05) is 27.0 Å². The second-order valence-corrected chi connectivity index (χ2v) is 4.71. The van der Waals surface area contributed by atoms with Gasteiger partial charge in [-0.15, -0.1) is 0 Å². The fourth-order valence-corrected chi connectivity index (χ4v) is 1.29. The van der Waals surface area contributed by atoms with Crippen molar-refractivity contribution in [3.8, 4) is 0 Å². The number of amides is 1. The Labute approximate surface area is 96.0 Å². The van der Waals surface area contributed by atoms with Gasteiger partial charge >= 0.3 is 0 Å². The van der Waals surface area contributed by atoms with E-state index in [0.29, 0.717) is 19.4 Å². The van der Waals surface area contributed by atoms with Crippen LogP contribution in [0.3, 0.4) is 0 Å². The van der Waals surface area contributed by atoms with Crippen molar-refractivity contribution < 1.29 is 4.79 Å². The summed E-state index contributed by atoms with van der Waals surface area (Å²) in [7, 11) is 1.85. The Hall–Kier alpha value is -1.36. The highest BCUT2D eigenvalue weighted by Crippen LogP contribution is 2.06. The molecule has 1 aromatic heterocycles.